The van der Waals surface area contributed by atoms with Crippen molar-refractivity contribution >= 4 is 5.91 Å². The smallest absolute Gasteiger partial charge is 0.218 e. The number of nitrogens with zero attached hydrogens (tertiary/aromatic N) is 3. The maximum atomic E-state index is 11.0. The van der Waals surface area contributed by atoms with Gasteiger partial charge in [0.25, 0.3) is 0 Å². The quantitative estimate of drug-likeness (QED) is 0.868. The Morgan fingerprint density at radius 3 is 2.70 bits per heavy atom. The highest BCUT2D eigenvalue weighted by Crippen LogP contribution is 2.13. The SMILES string of the molecule is CC(CC(N)=O)N(C)Cc1ccnn1-c1ccccc1. The predicted molar refractivity (Wildman–Crippen MR) is 78.3 cm³/mol. The predicted octanol–water partition coefficient (Wildman–Crippen LogP) is 1.57. The van der Waals surface area contributed by atoms with Crippen molar-refractivity contribution in [1.29, 1.82) is 0 Å². The van der Waals surface area contributed by atoms with Crippen LogP contribution in [-0.2, 0) is 11.3 Å². The summed E-state index contributed by atoms with van der Waals surface area (Å²) in [4.78, 5) is 13.1. The average molecular weight is 272 g/mol. The summed E-state index contributed by atoms with van der Waals surface area (Å²) >= 11 is 0. The first-order chi connectivity index (χ1) is 9.58. The van der Waals surface area contributed by atoms with E-state index in [1.165, 1.54) is 0 Å². The molecular formula is C15H20N4O. The number of rotatable bonds is 6. The molecule has 0 fully saturated rings. The van der Waals surface area contributed by atoms with Gasteiger partial charge < -0.3 is 5.73 Å². The van der Waals surface area contributed by atoms with E-state index in [1.807, 2.05) is 55.1 Å². The van der Waals surface area contributed by atoms with Crippen LogP contribution in [0, 0.1) is 0 Å². The molecule has 0 spiro atoms. The van der Waals surface area contributed by atoms with Crippen LogP contribution < -0.4 is 5.73 Å². The molecule has 2 rings (SSSR count). The van der Waals surface area contributed by atoms with Crippen LogP contribution in [0.15, 0.2) is 42.6 Å². The molecule has 0 radical (unpaired) electrons. The Balaban J connectivity index is 2.11. The minimum atomic E-state index is -0.277. The number of amides is 1. The highest BCUT2D eigenvalue weighted by atomic mass is 16.1. The summed E-state index contributed by atoms with van der Waals surface area (Å²) in [5.74, 6) is -0.277. The summed E-state index contributed by atoms with van der Waals surface area (Å²) in [6.45, 7) is 2.71. The number of hydrogen-bond acceptors (Lipinski definition) is 3. The Morgan fingerprint density at radius 2 is 2.05 bits per heavy atom. The van der Waals surface area contributed by atoms with Gasteiger partial charge in [-0.25, -0.2) is 4.68 Å². The van der Waals surface area contributed by atoms with Crippen molar-refractivity contribution in [2.75, 3.05) is 7.05 Å². The van der Waals surface area contributed by atoms with Crippen molar-refractivity contribution in [2.24, 2.45) is 5.73 Å². The number of hydrogen-bond donors (Lipinski definition) is 1. The third-order valence-electron chi connectivity index (χ3n) is 3.38. The van der Waals surface area contributed by atoms with Crippen molar-refractivity contribution in [2.45, 2.75) is 25.9 Å². The van der Waals surface area contributed by atoms with Crippen LogP contribution >= 0.6 is 0 Å². The molecule has 106 valence electrons. The summed E-state index contributed by atoms with van der Waals surface area (Å²) in [5, 5.41) is 4.36. The van der Waals surface area contributed by atoms with Crippen LogP contribution in [0.4, 0.5) is 0 Å². The maximum Gasteiger partial charge on any atom is 0.218 e. The zero-order valence-corrected chi connectivity index (χ0v) is 11.9. The van der Waals surface area contributed by atoms with Crippen LogP contribution in [0.2, 0.25) is 0 Å². The third-order valence-corrected chi connectivity index (χ3v) is 3.38. The van der Waals surface area contributed by atoms with E-state index in [0.29, 0.717) is 13.0 Å². The van der Waals surface area contributed by atoms with Gasteiger partial charge in [0.1, 0.15) is 0 Å². The molecule has 5 heteroatoms. The molecule has 2 aromatic rings. The third kappa shape index (κ3) is 3.45. The lowest BCUT2D eigenvalue weighted by Gasteiger charge is -2.23. The van der Waals surface area contributed by atoms with Gasteiger partial charge in [-0.1, -0.05) is 18.2 Å². The van der Waals surface area contributed by atoms with Crippen molar-refractivity contribution in [3.63, 3.8) is 0 Å². The number of carbonyl (C=O) groups excluding carboxylic acids is 1. The molecule has 0 aliphatic heterocycles. The highest BCUT2D eigenvalue weighted by Gasteiger charge is 2.14. The van der Waals surface area contributed by atoms with Gasteiger partial charge in [-0.05, 0) is 32.2 Å². The van der Waals surface area contributed by atoms with Crippen molar-refractivity contribution < 1.29 is 4.79 Å². The Hall–Kier alpha value is -2.14. The lowest BCUT2D eigenvalue weighted by molar-refractivity contribution is -0.119. The van der Waals surface area contributed by atoms with Gasteiger partial charge in [0.15, 0.2) is 0 Å². The normalized spacial score (nSPS) is 12.6. The fraction of sp³-hybridized carbons (Fsp3) is 0.333. The van der Waals surface area contributed by atoms with E-state index in [4.69, 9.17) is 5.73 Å². The topological polar surface area (TPSA) is 64.2 Å². The summed E-state index contributed by atoms with van der Waals surface area (Å²) in [6.07, 6.45) is 2.14. The van der Waals surface area contributed by atoms with Crippen LogP contribution in [0.1, 0.15) is 19.0 Å². The second kappa shape index (κ2) is 6.34. The lowest BCUT2D eigenvalue weighted by atomic mass is 10.2. The molecular weight excluding hydrogens is 252 g/mol. The first-order valence-electron chi connectivity index (χ1n) is 6.65. The van der Waals surface area contributed by atoms with Crippen LogP contribution in [0.5, 0.6) is 0 Å². The summed E-state index contributed by atoms with van der Waals surface area (Å²) in [6, 6.07) is 12.1. The zero-order chi connectivity index (χ0) is 14.5. The first kappa shape index (κ1) is 14.3. The number of carbonyl (C=O) groups is 1. The Labute approximate surface area is 119 Å². The van der Waals surface area contributed by atoms with E-state index in [0.717, 1.165) is 11.4 Å². The molecule has 1 unspecified atom stereocenters. The number of nitrogens with two attached hydrogens (primary N) is 1. The van der Waals surface area contributed by atoms with Gasteiger partial charge >= 0.3 is 0 Å². The monoisotopic (exact) mass is 272 g/mol. The molecule has 0 bridgehead atoms. The van der Waals surface area contributed by atoms with Gasteiger partial charge in [0, 0.05) is 25.2 Å². The molecule has 1 aromatic carbocycles. The van der Waals surface area contributed by atoms with Crippen molar-refractivity contribution in [3.05, 3.63) is 48.3 Å². The molecule has 2 N–H and O–H groups in total. The number of para-hydroxylation sites is 1. The minimum absolute atomic E-state index is 0.103. The Bertz CT molecular complexity index is 564. The number of aromatic nitrogens is 2. The summed E-state index contributed by atoms with van der Waals surface area (Å²) in [5.41, 5.74) is 7.35. The molecule has 20 heavy (non-hydrogen) atoms. The summed E-state index contributed by atoms with van der Waals surface area (Å²) in [7, 11) is 1.98. The van der Waals surface area contributed by atoms with Crippen LogP contribution in [0.3, 0.4) is 0 Å². The lowest BCUT2D eigenvalue weighted by Crippen LogP contribution is -2.33. The molecule has 0 saturated carbocycles. The highest BCUT2D eigenvalue weighted by molar-refractivity contribution is 5.74. The van der Waals surface area contributed by atoms with Gasteiger partial charge in [-0.15, -0.1) is 0 Å². The van der Waals surface area contributed by atoms with Crippen LogP contribution in [-0.4, -0.2) is 33.7 Å². The average Bonchev–Trinajstić information content (AvgIpc) is 2.87. The first-order valence-corrected chi connectivity index (χ1v) is 6.65. The zero-order valence-electron chi connectivity index (χ0n) is 11.9. The number of benzene rings is 1. The van der Waals surface area contributed by atoms with Gasteiger partial charge in [-0.3, -0.25) is 9.69 Å². The molecule has 1 amide bonds. The largest absolute Gasteiger partial charge is 0.370 e. The fourth-order valence-electron chi connectivity index (χ4n) is 2.11. The van der Waals surface area contributed by atoms with Crippen molar-refractivity contribution in [1.82, 2.24) is 14.7 Å². The Morgan fingerprint density at radius 1 is 1.35 bits per heavy atom. The molecule has 5 nitrogen and oxygen atoms in total. The fourth-order valence-corrected chi connectivity index (χ4v) is 2.11. The second-order valence-corrected chi connectivity index (χ2v) is 5.00. The van der Waals surface area contributed by atoms with E-state index >= 15 is 0 Å². The van der Waals surface area contributed by atoms with Gasteiger partial charge in [0.05, 0.1) is 11.4 Å². The van der Waals surface area contributed by atoms with E-state index in [2.05, 4.69) is 10.00 Å². The molecule has 0 aliphatic rings. The maximum absolute atomic E-state index is 11.0. The van der Waals surface area contributed by atoms with E-state index in [-0.39, 0.29) is 11.9 Å². The summed E-state index contributed by atoms with van der Waals surface area (Å²) < 4.78 is 1.91. The Kier molecular flexibility index (Phi) is 4.53. The van der Waals surface area contributed by atoms with Crippen LogP contribution in [0.25, 0.3) is 5.69 Å². The molecule has 1 atom stereocenters. The van der Waals surface area contributed by atoms with Crippen molar-refractivity contribution in [3.8, 4) is 5.69 Å². The van der Waals surface area contributed by atoms with E-state index in [9.17, 15) is 4.79 Å². The second-order valence-electron chi connectivity index (χ2n) is 5.00. The minimum Gasteiger partial charge on any atom is -0.370 e. The standard InChI is InChI=1S/C15H20N4O/c1-12(10-15(16)20)18(2)11-14-8-9-17-19(14)13-6-4-3-5-7-13/h3-9,12H,10-11H2,1-2H3,(H2,16,20). The van der Waals surface area contributed by atoms with Gasteiger partial charge in [0.2, 0.25) is 5.91 Å². The molecule has 0 saturated heterocycles. The number of primary amides is 1. The molecule has 1 heterocycles. The van der Waals surface area contributed by atoms with E-state index in [1.54, 1.807) is 6.20 Å². The molecule has 0 aliphatic carbocycles. The van der Waals surface area contributed by atoms with Gasteiger partial charge in [-0.2, -0.15) is 5.10 Å². The van der Waals surface area contributed by atoms with E-state index < -0.39 is 0 Å². The molecule has 1 aromatic heterocycles.